The predicted molar refractivity (Wildman–Crippen MR) is 125 cm³/mol. The molecule has 7 nitrogen and oxygen atoms in total. The largest absolute Gasteiger partial charge is 0.348 e. The number of hydrogen-bond donors (Lipinski definition) is 1. The Bertz CT molecular complexity index is 1340. The van der Waals surface area contributed by atoms with E-state index >= 15 is 0 Å². The predicted octanol–water partition coefficient (Wildman–Crippen LogP) is 4.49. The van der Waals surface area contributed by atoms with Gasteiger partial charge in [-0.2, -0.15) is 0 Å². The Hall–Kier alpha value is -3.19. The number of pyridine rings is 1. The maximum Gasteiger partial charge on any atom is 0.224 e. The molecule has 3 heterocycles. The van der Waals surface area contributed by atoms with Crippen LogP contribution in [0.3, 0.4) is 0 Å². The van der Waals surface area contributed by atoms with E-state index in [-0.39, 0.29) is 23.8 Å². The Balaban J connectivity index is 1.08. The number of nitrogens with one attached hydrogen (secondary N) is 1. The quantitative estimate of drug-likeness (QED) is 0.441. The third-order valence-corrected chi connectivity index (χ3v) is 6.89. The van der Waals surface area contributed by atoms with Crippen molar-refractivity contribution in [2.75, 3.05) is 0 Å². The Morgan fingerprint density at radius 1 is 1.18 bits per heavy atom. The lowest BCUT2D eigenvalue weighted by molar-refractivity contribution is -0.123. The van der Waals surface area contributed by atoms with E-state index in [0.29, 0.717) is 17.5 Å². The first kappa shape index (κ1) is 20.4. The van der Waals surface area contributed by atoms with E-state index in [4.69, 9.17) is 16.6 Å². The number of aromatic nitrogens is 5. The van der Waals surface area contributed by atoms with Gasteiger partial charge >= 0.3 is 0 Å². The molecular formula is C25H25ClN6O. The van der Waals surface area contributed by atoms with Gasteiger partial charge in [-0.15, -0.1) is 5.10 Å². The summed E-state index contributed by atoms with van der Waals surface area (Å²) < 4.78 is 3.86. The average molecular weight is 461 g/mol. The molecule has 168 valence electrons. The van der Waals surface area contributed by atoms with Crippen LogP contribution >= 0.6 is 11.6 Å². The van der Waals surface area contributed by atoms with Gasteiger partial charge < -0.3 is 9.72 Å². The van der Waals surface area contributed by atoms with Gasteiger partial charge in [0, 0.05) is 23.3 Å². The monoisotopic (exact) mass is 460 g/mol. The highest BCUT2D eigenvalue weighted by atomic mass is 35.5. The number of fused-ring (bicyclic) bond motifs is 1. The van der Waals surface area contributed by atoms with Crippen molar-refractivity contribution >= 4 is 23.2 Å². The number of amides is 1. The Labute approximate surface area is 196 Å². The summed E-state index contributed by atoms with van der Waals surface area (Å²) in [6.45, 7) is 2.47. The number of benzene rings is 1. The molecule has 2 aliphatic carbocycles. The van der Waals surface area contributed by atoms with Gasteiger partial charge in [0.25, 0.3) is 0 Å². The molecule has 2 aliphatic rings. The summed E-state index contributed by atoms with van der Waals surface area (Å²) in [5.41, 5.74) is 5.11. The topological polar surface area (TPSA) is 77.1 Å². The highest BCUT2D eigenvalue weighted by Crippen LogP contribution is 2.48. The molecule has 0 spiro atoms. The van der Waals surface area contributed by atoms with Gasteiger partial charge in [-0.05, 0) is 67.3 Å². The highest BCUT2D eigenvalue weighted by molar-refractivity contribution is 6.30. The Morgan fingerprint density at radius 3 is 2.88 bits per heavy atom. The first-order valence-electron chi connectivity index (χ1n) is 11.5. The van der Waals surface area contributed by atoms with Crippen LogP contribution in [0.15, 0.2) is 55.0 Å². The first-order chi connectivity index (χ1) is 16.0. The van der Waals surface area contributed by atoms with Crippen LogP contribution in [0.1, 0.15) is 66.6 Å². The summed E-state index contributed by atoms with van der Waals surface area (Å²) in [6, 6.07) is 11.8. The molecule has 6 rings (SSSR count). The molecule has 0 saturated heterocycles. The van der Waals surface area contributed by atoms with Crippen LogP contribution in [-0.2, 0) is 11.3 Å². The standard InChI is InChI=1S/C25H25ClN6O/c1-15(27-25(33)22-10-21(22)17-3-2-4-19(26)9-17)23-14-32(30-29-23)13-20-12-31-11-18(16-5-6-16)7-8-24(31)28-20/h2-4,7-9,11-12,14-16,21-22H,5-6,10,13H2,1H3,(H,27,33)/t15-,21+,22-/m1/s1. The van der Waals surface area contributed by atoms with E-state index in [2.05, 4.69) is 44.6 Å². The molecule has 1 N–H and O–H groups in total. The van der Waals surface area contributed by atoms with Crippen molar-refractivity contribution in [2.45, 2.75) is 50.6 Å². The molecule has 3 atom stereocenters. The molecule has 2 fully saturated rings. The second-order valence-electron chi connectivity index (χ2n) is 9.31. The summed E-state index contributed by atoms with van der Waals surface area (Å²) >= 11 is 6.09. The molecular weight excluding hydrogens is 436 g/mol. The van der Waals surface area contributed by atoms with Crippen LogP contribution in [0, 0.1) is 5.92 Å². The minimum absolute atomic E-state index is 0.0144. The lowest BCUT2D eigenvalue weighted by Crippen LogP contribution is -2.28. The van der Waals surface area contributed by atoms with Crippen LogP contribution < -0.4 is 5.32 Å². The summed E-state index contributed by atoms with van der Waals surface area (Å²) in [5.74, 6) is 0.988. The van der Waals surface area contributed by atoms with E-state index in [1.54, 1.807) is 4.68 Å². The number of carbonyl (C=O) groups excluding carboxylic acids is 1. The number of carbonyl (C=O) groups is 1. The molecule has 0 radical (unpaired) electrons. The van der Waals surface area contributed by atoms with E-state index in [1.165, 1.54) is 18.4 Å². The minimum atomic E-state index is -0.214. The average Bonchev–Trinajstić information content (AvgIpc) is 3.71. The molecule has 8 heteroatoms. The molecule has 0 unspecified atom stereocenters. The van der Waals surface area contributed by atoms with Gasteiger partial charge in [0.2, 0.25) is 5.91 Å². The van der Waals surface area contributed by atoms with Crippen LogP contribution in [0.5, 0.6) is 0 Å². The van der Waals surface area contributed by atoms with Crippen LogP contribution in [0.4, 0.5) is 0 Å². The lowest BCUT2D eigenvalue weighted by atomic mass is 10.1. The van der Waals surface area contributed by atoms with E-state index < -0.39 is 0 Å². The van der Waals surface area contributed by atoms with Gasteiger partial charge in [0.1, 0.15) is 11.3 Å². The van der Waals surface area contributed by atoms with E-state index in [9.17, 15) is 4.79 Å². The number of halogens is 1. The van der Waals surface area contributed by atoms with Crippen LogP contribution in [0.25, 0.3) is 5.65 Å². The third-order valence-electron chi connectivity index (χ3n) is 6.66. The van der Waals surface area contributed by atoms with Crippen molar-refractivity contribution < 1.29 is 4.79 Å². The molecule has 1 amide bonds. The number of nitrogens with zero attached hydrogens (tertiary/aromatic N) is 5. The summed E-state index contributed by atoms with van der Waals surface area (Å²) in [7, 11) is 0. The van der Waals surface area contributed by atoms with Crippen LogP contribution in [-0.4, -0.2) is 30.3 Å². The maximum atomic E-state index is 12.7. The maximum absolute atomic E-state index is 12.7. The highest BCUT2D eigenvalue weighted by Gasteiger charge is 2.44. The summed E-state index contributed by atoms with van der Waals surface area (Å²) in [4.78, 5) is 17.4. The second kappa shape index (κ2) is 7.99. The lowest BCUT2D eigenvalue weighted by Gasteiger charge is -2.11. The normalized spacial score (nSPS) is 20.7. The fourth-order valence-corrected chi connectivity index (χ4v) is 4.73. The third kappa shape index (κ3) is 4.25. The molecule has 0 bridgehead atoms. The van der Waals surface area contributed by atoms with Gasteiger partial charge in [-0.3, -0.25) is 4.79 Å². The van der Waals surface area contributed by atoms with Crippen molar-refractivity contribution in [3.05, 3.63) is 82.5 Å². The van der Waals surface area contributed by atoms with Gasteiger partial charge in [0.05, 0.1) is 24.5 Å². The molecule has 4 aromatic rings. The fraction of sp³-hybridized carbons (Fsp3) is 0.360. The first-order valence-corrected chi connectivity index (χ1v) is 11.8. The number of hydrogen-bond acceptors (Lipinski definition) is 4. The van der Waals surface area contributed by atoms with Crippen LogP contribution in [0.2, 0.25) is 5.02 Å². The zero-order chi connectivity index (χ0) is 22.5. The van der Waals surface area contributed by atoms with Crippen molar-refractivity contribution in [3.8, 4) is 0 Å². The number of imidazole rings is 1. The van der Waals surface area contributed by atoms with E-state index in [0.717, 1.165) is 29.0 Å². The molecule has 3 aromatic heterocycles. The summed E-state index contributed by atoms with van der Waals surface area (Å²) in [6.07, 6.45) is 9.53. The smallest absolute Gasteiger partial charge is 0.224 e. The fourth-order valence-electron chi connectivity index (χ4n) is 4.54. The molecule has 2 saturated carbocycles. The molecule has 33 heavy (non-hydrogen) atoms. The number of rotatable bonds is 7. The van der Waals surface area contributed by atoms with Gasteiger partial charge in [-0.1, -0.05) is 35.0 Å². The molecule has 1 aromatic carbocycles. The SMILES string of the molecule is C[C@@H](NC(=O)[C@@H]1C[C@H]1c1cccc(Cl)c1)c1cn(Cc2cn3cc(C4CC4)ccc3n2)nn1. The van der Waals surface area contributed by atoms with Crippen molar-refractivity contribution in [1.29, 1.82) is 0 Å². The second-order valence-corrected chi connectivity index (χ2v) is 9.75. The van der Waals surface area contributed by atoms with Gasteiger partial charge in [-0.25, -0.2) is 9.67 Å². The van der Waals surface area contributed by atoms with E-state index in [1.807, 2.05) is 37.4 Å². The summed E-state index contributed by atoms with van der Waals surface area (Å²) in [5, 5.41) is 12.3. The van der Waals surface area contributed by atoms with Crippen molar-refractivity contribution in [3.63, 3.8) is 0 Å². The minimum Gasteiger partial charge on any atom is -0.348 e. The molecule has 0 aliphatic heterocycles. The Morgan fingerprint density at radius 2 is 2.06 bits per heavy atom. The zero-order valence-electron chi connectivity index (χ0n) is 18.4. The zero-order valence-corrected chi connectivity index (χ0v) is 19.1. The van der Waals surface area contributed by atoms with Crippen molar-refractivity contribution in [1.82, 2.24) is 29.7 Å². The Kier molecular flexibility index (Phi) is 4.94. The van der Waals surface area contributed by atoms with Gasteiger partial charge in [0.15, 0.2) is 0 Å². The van der Waals surface area contributed by atoms with Crippen molar-refractivity contribution in [2.24, 2.45) is 5.92 Å².